The second kappa shape index (κ2) is 4.02. The average molecular weight is 174 g/mol. The maximum Gasteiger partial charge on any atom is 0.181 e. The van der Waals surface area contributed by atoms with Crippen molar-refractivity contribution >= 4 is 11.1 Å². The van der Waals surface area contributed by atoms with Crippen LogP contribution in [0.25, 0.3) is 0 Å². The Kier molecular flexibility index (Phi) is 3.27. The molecular formula is C8H14O2S. The summed E-state index contributed by atoms with van der Waals surface area (Å²) in [4.78, 5) is 0.685. The molecule has 2 nitrogen and oxygen atoms in total. The molecule has 0 spiro atoms. The quantitative estimate of drug-likeness (QED) is 0.620. The van der Waals surface area contributed by atoms with E-state index in [2.05, 4.69) is 0 Å². The third-order valence-electron chi connectivity index (χ3n) is 2.22. The molecule has 1 rings (SSSR count). The van der Waals surface area contributed by atoms with Gasteiger partial charge in [0.2, 0.25) is 0 Å². The van der Waals surface area contributed by atoms with Crippen molar-refractivity contribution in [2.75, 3.05) is 0 Å². The summed E-state index contributed by atoms with van der Waals surface area (Å²) < 4.78 is 19.4. The molecule has 64 valence electrons. The van der Waals surface area contributed by atoms with Crippen LogP contribution in [0, 0.1) is 0 Å². The lowest BCUT2D eigenvalue weighted by molar-refractivity contribution is 0.564. The predicted octanol–water partition coefficient (Wildman–Crippen LogP) is 2.45. The SMILES string of the molecule is CC(=C1CCCCC1)S(=O)O. The van der Waals surface area contributed by atoms with Gasteiger partial charge < -0.3 is 4.55 Å². The van der Waals surface area contributed by atoms with E-state index in [0.29, 0.717) is 4.91 Å². The molecule has 3 heteroatoms. The first-order valence-corrected chi connectivity index (χ1v) is 5.12. The minimum absolute atomic E-state index is 0.685. The molecule has 0 saturated heterocycles. The molecule has 0 aromatic carbocycles. The lowest BCUT2D eigenvalue weighted by atomic mass is 9.95. The van der Waals surface area contributed by atoms with Gasteiger partial charge >= 0.3 is 0 Å². The Hall–Kier alpha value is -0.150. The van der Waals surface area contributed by atoms with Gasteiger partial charge in [-0.25, -0.2) is 4.21 Å². The predicted molar refractivity (Wildman–Crippen MR) is 46.6 cm³/mol. The summed E-state index contributed by atoms with van der Waals surface area (Å²) in [6.45, 7) is 1.76. The van der Waals surface area contributed by atoms with Crippen molar-refractivity contribution in [2.45, 2.75) is 39.0 Å². The highest BCUT2D eigenvalue weighted by molar-refractivity contribution is 7.83. The van der Waals surface area contributed by atoms with Crippen molar-refractivity contribution in [1.29, 1.82) is 0 Å². The van der Waals surface area contributed by atoms with Crippen molar-refractivity contribution in [1.82, 2.24) is 0 Å². The molecule has 0 bridgehead atoms. The first kappa shape index (κ1) is 8.94. The van der Waals surface area contributed by atoms with Gasteiger partial charge in [-0.15, -0.1) is 0 Å². The number of rotatable bonds is 1. The molecule has 0 radical (unpaired) electrons. The van der Waals surface area contributed by atoms with E-state index in [-0.39, 0.29) is 0 Å². The molecule has 0 amide bonds. The van der Waals surface area contributed by atoms with E-state index in [9.17, 15) is 4.21 Å². The standard InChI is InChI=1S/C8H14O2S/c1-7(11(9)10)8-5-3-2-4-6-8/h2-6H2,1H3,(H,9,10). The maximum atomic E-state index is 10.7. The average Bonchev–Trinajstić information content (AvgIpc) is 2.05. The normalized spacial score (nSPS) is 21.5. The lowest BCUT2D eigenvalue weighted by Gasteiger charge is -2.14. The van der Waals surface area contributed by atoms with Gasteiger partial charge in [-0.1, -0.05) is 12.0 Å². The zero-order valence-corrected chi connectivity index (χ0v) is 7.62. The molecule has 1 aliphatic carbocycles. The second-order valence-electron chi connectivity index (χ2n) is 2.97. The van der Waals surface area contributed by atoms with E-state index in [1.54, 1.807) is 6.92 Å². The van der Waals surface area contributed by atoms with Crippen LogP contribution in [-0.2, 0) is 11.1 Å². The summed E-state index contributed by atoms with van der Waals surface area (Å²) in [6.07, 6.45) is 5.69. The molecule has 1 unspecified atom stereocenters. The molecule has 1 atom stereocenters. The summed E-state index contributed by atoms with van der Waals surface area (Å²) in [5.74, 6) is 0. The van der Waals surface area contributed by atoms with Gasteiger partial charge in [0.25, 0.3) is 0 Å². The van der Waals surface area contributed by atoms with Crippen molar-refractivity contribution in [3.8, 4) is 0 Å². The first-order chi connectivity index (χ1) is 5.22. The minimum atomic E-state index is -1.73. The fraction of sp³-hybridized carbons (Fsp3) is 0.750. The first-order valence-electron chi connectivity index (χ1n) is 4.01. The third kappa shape index (κ3) is 2.42. The zero-order valence-electron chi connectivity index (χ0n) is 6.80. The number of hydrogen-bond acceptors (Lipinski definition) is 1. The van der Waals surface area contributed by atoms with Gasteiger partial charge in [0, 0.05) is 4.91 Å². The smallest absolute Gasteiger partial charge is 0.181 e. The van der Waals surface area contributed by atoms with E-state index in [1.807, 2.05) is 0 Å². The molecule has 1 fully saturated rings. The van der Waals surface area contributed by atoms with Gasteiger partial charge in [0.05, 0.1) is 0 Å². The molecule has 1 aliphatic rings. The van der Waals surface area contributed by atoms with Gasteiger partial charge in [-0.3, -0.25) is 0 Å². The highest BCUT2D eigenvalue weighted by Gasteiger charge is 2.10. The highest BCUT2D eigenvalue weighted by atomic mass is 32.2. The molecule has 11 heavy (non-hydrogen) atoms. The molecule has 1 saturated carbocycles. The minimum Gasteiger partial charge on any atom is -0.302 e. The summed E-state index contributed by atoms with van der Waals surface area (Å²) >= 11 is -1.73. The van der Waals surface area contributed by atoms with E-state index < -0.39 is 11.1 Å². The Morgan fingerprint density at radius 3 is 2.36 bits per heavy atom. The summed E-state index contributed by atoms with van der Waals surface area (Å²) in [7, 11) is 0. The van der Waals surface area contributed by atoms with Crippen LogP contribution in [0.1, 0.15) is 39.0 Å². The Bertz CT molecular complexity index is 188. The maximum absolute atomic E-state index is 10.7. The molecular weight excluding hydrogens is 160 g/mol. The van der Waals surface area contributed by atoms with Gasteiger partial charge in [-0.05, 0) is 32.6 Å². The van der Waals surface area contributed by atoms with Crippen molar-refractivity contribution in [3.63, 3.8) is 0 Å². The van der Waals surface area contributed by atoms with E-state index >= 15 is 0 Å². The Morgan fingerprint density at radius 2 is 1.91 bits per heavy atom. The Morgan fingerprint density at radius 1 is 1.36 bits per heavy atom. The second-order valence-corrected chi connectivity index (χ2v) is 4.08. The highest BCUT2D eigenvalue weighted by Crippen LogP contribution is 2.26. The topological polar surface area (TPSA) is 37.3 Å². The molecule has 0 aliphatic heterocycles. The lowest BCUT2D eigenvalue weighted by Crippen LogP contribution is -2.00. The number of allylic oxidation sites excluding steroid dienone is 2. The van der Waals surface area contributed by atoms with Gasteiger partial charge in [0.15, 0.2) is 11.1 Å². The fourth-order valence-corrected chi connectivity index (χ4v) is 1.91. The molecule has 0 aromatic heterocycles. The van der Waals surface area contributed by atoms with Crippen LogP contribution in [0.2, 0.25) is 0 Å². The van der Waals surface area contributed by atoms with E-state index in [0.717, 1.165) is 12.8 Å². The van der Waals surface area contributed by atoms with Crippen LogP contribution in [0.15, 0.2) is 10.5 Å². The third-order valence-corrected chi connectivity index (χ3v) is 3.03. The van der Waals surface area contributed by atoms with Gasteiger partial charge in [0.1, 0.15) is 0 Å². The summed E-state index contributed by atoms with van der Waals surface area (Å²) in [6, 6.07) is 0. The Labute approximate surface area is 70.0 Å². The van der Waals surface area contributed by atoms with Crippen LogP contribution < -0.4 is 0 Å². The molecule has 0 heterocycles. The summed E-state index contributed by atoms with van der Waals surface area (Å²) in [5.41, 5.74) is 1.21. The fourth-order valence-electron chi connectivity index (χ4n) is 1.45. The molecule has 0 aromatic rings. The van der Waals surface area contributed by atoms with E-state index in [4.69, 9.17) is 4.55 Å². The summed E-state index contributed by atoms with van der Waals surface area (Å²) in [5, 5.41) is 0. The Balaban J connectivity index is 2.68. The van der Waals surface area contributed by atoms with Crippen molar-refractivity contribution in [2.24, 2.45) is 0 Å². The van der Waals surface area contributed by atoms with Crippen LogP contribution >= 0.6 is 0 Å². The zero-order chi connectivity index (χ0) is 8.27. The molecule has 1 N–H and O–H groups in total. The van der Waals surface area contributed by atoms with Crippen LogP contribution in [-0.4, -0.2) is 8.76 Å². The van der Waals surface area contributed by atoms with Crippen molar-refractivity contribution < 1.29 is 8.76 Å². The number of hydrogen-bond donors (Lipinski definition) is 1. The largest absolute Gasteiger partial charge is 0.302 e. The van der Waals surface area contributed by atoms with Gasteiger partial charge in [-0.2, -0.15) is 0 Å². The van der Waals surface area contributed by atoms with Crippen molar-refractivity contribution in [3.05, 3.63) is 10.5 Å². The monoisotopic (exact) mass is 174 g/mol. The van der Waals surface area contributed by atoms with E-state index in [1.165, 1.54) is 24.8 Å². The van der Waals surface area contributed by atoms with Crippen LogP contribution in [0.5, 0.6) is 0 Å². The van der Waals surface area contributed by atoms with Crippen LogP contribution in [0.3, 0.4) is 0 Å². The van der Waals surface area contributed by atoms with Crippen LogP contribution in [0.4, 0.5) is 0 Å².